The van der Waals surface area contributed by atoms with Gasteiger partial charge in [0.2, 0.25) is 29.5 Å². The molecule has 34 heavy (non-hydrogen) atoms. The molecular weight excluding hydrogens is 452 g/mol. The summed E-state index contributed by atoms with van der Waals surface area (Å²) in [4.78, 5) is 70.0. The summed E-state index contributed by atoms with van der Waals surface area (Å²) in [6.45, 7) is -0.677. The van der Waals surface area contributed by atoms with Crippen LogP contribution in [-0.4, -0.2) is 70.4 Å². The third kappa shape index (κ3) is 10.4. The van der Waals surface area contributed by atoms with E-state index in [2.05, 4.69) is 10.6 Å². The van der Waals surface area contributed by atoms with Gasteiger partial charge >= 0.3 is 5.97 Å². The monoisotopic (exact) mass is 480 g/mol. The van der Waals surface area contributed by atoms with E-state index >= 15 is 0 Å². The van der Waals surface area contributed by atoms with Gasteiger partial charge in [0.25, 0.3) is 0 Å². The van der Waals surface area contributed by atoms with Crippen LogP contribution in [0.2, 0.25) is 0 Å². The number of hydrogen-bond donors (Lipinski definition) is 8. The van der Waals surface area contributed by atoms with E-state index in [9.17, 15) is 33.9 Å². The van der Waals surface area contributed by atoms with Gasteiger partial charge in [-0.15, -0.1) is 0 Å². The molecule has 0 heterocycles. The van der Waals surface area contributed by atoms with E-state index in [1.165, 1.54) is 12.1 Å². The van der Waals surface area contributed by atoms with Crippen LogP contribution in [0.4, 0.5) is 0 Å². The highest BCUT2D eigenvalue weighted by molar-refractivity contribution is 5.93. The van der Waals surface area contributed by atoms with Crippen LogP contribution in [-0.2, 0) is 35.2 Å². The molecule has 5 amide bonds. The zero-order valence-electron chi connectivity index (χ0n) is 18.2. The van der Waals surface area contributed by atoms with Gasteiger partial charge < -0.3 is 43.4 Å². The van der Waals surface area contributed by atoms with Crippen LogP contribution in [0.15, 0.2) is 24.3 Å². The van der Waals surface area contributed by atoms with Crippen molar-refractivity contribution in [2.45, 2.75) is 43.8 Å². The van der Waals surface area contributed by atoms with Crippen LogP contribution in [0.1, 0.15) is 24.8 Å². The summed E-state index contributed by atoms with van der Waals surface area (Å²) in [6.07, 6.45) is -0.988. The van der Waals surface area contributed by atoms with Gasteiger partial charge in [0, 0.05) is 6.42 Å². The predicted molar refractivity (Wildman–Crippen MR) is 117 cm³/mol. The lowest BCUT2D eigenvalue weighted by Crippen LogP contribution is -2.54. The van der Waals surface area contributed by atoms with E-state index in [1.54, 1.807) is 12.1 Å². The SMILES string of the molecule is NC(=O)CCC(NC(=O)C(N)Cc1ccc(O)cc1)C(=O)NCC(=O)NC(CC(N)=O)C(=O)O. The molecule has 1 rings (SSSR count). The number of primary amides is 2. The Kier molecular flexibility index (Phi) is 10.9. The van der Waals surface area contributed by atoms with E-state index in [4.69, 9.17) is 22.3 Å². The Balaban J connectivity index is 2.72. The number of hydrogen-bond acceptors (Lipinski definition) is 8. The lowest BCUT2D eigenvalue weighted by atomic mass is 10.0. The minimum atomic E-state index is -1.58. The molecule has 0 aromatic heterocycles. The van der Waals surface area contributed by atoms with Crippen molar-refractivity contribution < 1.29 is 39.0 Å². The molecule has 1 aromatic carbocycles. The quantitative estimate of drug-likeness (QED) is 0.132. The second-order valence-electron chi connectivity index (χ2n) is 7.39. The Labute approximate surface area is 194 Å². The minimum Gasteiger partial charge on any atom is -0.508 e. The van der Waals surface area contributed by atoms with E-state index in [0.29, 0.717) is 5.56 Å². The van der Waals surface area contributed by atoms with Gasteiger partial charge in [0.05, 0.1) is 19.0 Å². The van der Waals surface area contributed by atoms with Gasteiger partial charge in [-0.1, -0.05) is 12.1 Å². The number of carbonyl (C=O) groups is 6. The fraction of sp³-hybridized carbons (Fsp3) is 0.400. The Morgan fingerprint density at radius 3 is 2.03 bits per heavy atom. The number of phenolic OH excluding ortho intramolecular Hbond substituents is 1. The first kappa shape index (κ1) is 27.8. The average molecular weight is 480 g/mol. The number of benzene rings is 1. The average Bonchev–Trinajstić information content (AvgIpc) is 2.75. The van der Waals surface area contributed by atoms with Crippen LogP contribution in [0.3, 0.4) is 0 Å². The maximum absolute atomic E-state index is 12.5. The third-order valence-corrected chi connectivity index (χ3v) is 4.50. The molecule has 0 saturated carbocycles. The molecule has 3 atom stereocenters. The molecule has 14 heteroatoms. The van der Waals surface area contributed by atoms with Gasteiger partial charge in [-0.2, -0.15) is 0 Å². The summed E-state index contributed by atoms with van der Waals surface area (Å²) in [5.74, 6) is -5.61. The van der Waals surface area contributed by atoms with Gasteiger partial charge in [-0.25, -0.2) is 4.79 Å². The summed E-state index contributed by atoms with van der Waals surface area (Å²) >= 11 is 0. The second kappa shape index (κ2) is 13.4. The lowest BCUT2D eigenvalue weighted by molar-refractivity contribution is -0.143. The molecule has 0 spiro atoms. The molecule has 14 nitrogen and oxygen atoms in total. The smallest absolute Gasteiger partial charge is 0.326 e. The first-order chi connectivity index (χ1) is 15.9. The van der Waals surface area contributed by atoms with Gasteiger partial charge in [0.15, 0.2) is 0 Å². The summed E-state index contributed by atoms with van der Waals surface area (Å²) in [7, 11) is 0. The van der Waals surface area contributed by atoms with Crippen molar-refractivity contribution in [2.75, 3.05) is 6.54 Å². The van der Waals surface area contributed by atoms with Crippen LogP contribution in [0, 0.1) is 0 Å². The van der Waals surface area contributed by atoms with Crippen LogP contribution in [0.25, 0.3) is 0 Å². The standard InChI is InChI=1S/C20H28N6O8/c21-12(7-10-1-3-11(27)4-2-10)18(31)26-13(5-6-15(22)28)19(32)24-9-17(30)25-14(20(33)34)8-16(23)29/h1-4,12-14,27H,5-9,21H2,(H2,22,28)(H2,23,29)(H,24,32)(H,25,30)(H,26,31)(H,33,34). The molecular formula is C20H28N6O8. The molecule has 0 radical (unpaired) electrons. The van der Waals surface area contributed by atoms with Gasteiger partial charge in [-0.3, -0.25) is 24.0 Å². The van der Waals surface area contributed by atoms with E-state index < -0.39 is 66.6 Å². The number of amides is 5. The number of carboxylic acid groups (broad SMARTS) is 1. The number of nitrogens with two attached hydrogens (primary N) is 3. The number of rotatable bonds is 14. The van der Waals surface area contributed by atoms with Gasteiger partial charge in [0.1, 0.15) is 17.8 Å². The fourth-order valence-electron chi connectivity index (χ4n) is 2.75. The normalized spacial score (nSPS) is 13.1. The molecule has 0 bridgehead atoms. The highest BCUT2D eigenvalue weighted by Crippen LogP contribution is 2.11. The number of aromatic hydroxyl groups is 1. The number of carboxylic acids is 1. The van der Waals surface area contributed by atoms with Crippen molar-refractivity contribution in [3.05, 3.63) is 29.8 Å². The first-order valence-corrected chi connectivity index (χ1v) is 10.1. The molecule has 1 aromatic rings. The zero-order valence-corrected chi connectivity index (χ0v) is 18.2. The molecule has 11 N–H and O–H groups in total. The minimum absolute atomic E-state index is 0.0401. The molecule has 0 aliphatic heterocycles. The number of phenols is 1. The number of aliphatic carboxylic acids is 1. The molecule has 0 aliphatic rings. The first-order valence-electron chi connectivity index (χ1n) is 10.1. The Hall–Kier alpha value is -4.20. The van der Waals surface area contributed by atoms with Crippen molar-refractivity contribution in [2.24, 2.45) is 17.2 Å². The van der Waals surface area contributed by atoms with E-state index in [0.717, 1.165) is 0 Å². The van der Waals surface area contributed by atoms with Crippen molar-refractivity contribution in [3.63, 3.8) is 0 Å². The molecule has 0 saturated heterocycles. The van der Waals surface area contributed by atoms with Gasteiger partial charge in [-0.05, 0) is 30.5 Å². The highest BCUT2D eigenvalue weighted by atomic mass is 16.4. The Bertz CT molecular complexity index is 920. The van der Waals surface area contributed by atoms with Crippen LogP contribution < -0.4 is 33.2 Å². The summed E-state index contributed by atoms with van der Waals surface area (Å²) in [5.41, 5.74) is 16.6. The predicted octanol–water partition coefficient (Wildman–Crippen LogP) is -3.43. The summed E-state index contributed by atoms with van der Waals surface area (Å²) < 4.78 is 0. The van der Waals surface area contributed by atoms with E-state index in [1.807, 2.05) is 5.32 Å². The maximum atomic E-state index is 12.5. The lowest BCUT2D eigenvalue weighted by Gasteiger charge is -2.21. The van der Waals surface area contributed by atoms with Crippen LogP contribution >= 0.6 is 0 Å². The van der Waals surface area contributed by atoms with Crippen molar-refractivity contribution >= 4 is 35.5 Å². The highest BCUT2D eigenvalue weighted by Gasteiger charge is 2.26. The van der Waals surface area contributed by atoms with Crippen molar-refractivity contribution in [1.29, 1.82) is 0 Å². The molecule has 0 aliphatic carbocycles. The molecule has 186 valence electrons. The number of nitrogens with one attached hydrogen (secondary N) is 3. The largest absolute Gasteiger partial charge is 0.508 e. The fourth-order valence-corrected chi connectivity index (χ4v) is 2.75. The molecule has 3 unspecified atom stereocenters. The number of carbonyl (C=O) groups excluding carboxylic acids is 5. The zero-order chi connectivity index (χ0) is 25.8. The maximum Gasteiger partial charge on any atom is 0.326 e. The topological polar surface area (TPSA) is 257 Å². The summed E-state index contributed by atoms with van der Waals surface area (Å²) in [5, 5.41) is 25.0. The second-order valence-corrected chi connectivity index (χ2v) is 7.39. The Morgan fingerprint density at radius 1 is 0.882 bits per heavy atom. The van der Waals surface area contributed by atoms with Crippen molar-refractivity contribution in [3.8, 4) is 5.75 Å². The third-order valence-electron chi connectivity index (χ3n) is 4.50. The Morgan fingerprint density at radius 2 is 1.50 bits per heavy atom. The van der Waals surface area contributed by atoms with E-state index in [-0.39, 0.29) is 25.0 Å². The van der Waals surface area contributed by atoms with Crippen LogP contribution in [0.5, 0.6) is 5.75 Å². The summed E-state index contributed by atoms with van der Waals surface area (Å²) in [6, 6.07) is 2.08. The molecule has 0 fully saturated rings. The van der Waals surface area contributed by atoms with Crippen molar-refractivity contribution in [1.82, 2.24) is 16.0 Å².